The molecular weight excluding hydrogens is 299 g/mol. The van der Waals surface area contributed by atoms with Crippen LogP contribution in [0.3, 0.4) is 0 Å². The van der Waals surface area contributed by atoms with Crippen molar-refractivity contribution in [1.29, 1.82) is 0 Å². The lowest BCUT2D eigenvalue weighted by atomic mass is 9.76. The van der Waals surface area contributed by atoms with Crippen molar-refractivity contribution in [2.24, 2.45) is 0 Å². The Balaban J connectivity index is 1.41. The topological polar surface area (TPSA) is 59.6 Å². The summed E-state index contributed by atoms with van der Waals surface area (Å²) >= 11 is 0. The molecule has 5 nitrogen and oxygen atoms in total. The van der Waals surface area contributed by atoms with Crippen molar-refractivity contribution in [2.45, 2.75) is 49.8 Å². The van der Waals surface area contributed by atoms with Crippen molar-refractivity contribution in [3.8, 4) is 5.75 Å². The van der Waals surface area contributed by atoms with Crippen LogP contribution in [0.1, 0.15) is 37.2 Å². The summed E-state index contributed by atoms with van der Waals surface area (Å²) in [4.78, 5) is 11.9. The van der Waals surface area contributed by atoms with Gasteiger partial charge in [-0.1, -0.05) is 6.07 Å². The molecule has 0 saturated heterocycles. The van der Waals surface area contributed by atoms with Crippen LogP contribution in [0.4, 0.5) is 9.18 Å². The molecule has 6 heteroatoms. The number of amides is 2. The molecule has 2 saturated carbocycles. The number of halogens is 1. The van der Waals surface area contributed by atoms with Crippen LogP contribution >= 0.6 is 0 Å². The first-order valence-corrected chi connectivity index (χ1v) is 8.02. The SMILES string of the molecule is COc1ccc(C2CC(NC(=O)NC3CC(OC)C3)C2)cc1F. The van der Waals surface area contributed by atoms with E-state index in [0.29, 0.717) is 5.92 Å². The standard InChI is InChI=1S/C17H23FN2O3/c1-22-14-8-13(9-14)20-17(21)19-12-5-11(6-12)10-3-4-16(23-2)15(18)7-10/h3-4,7,11-14H,5-6,8-9H2,1-2H3,(H2,19,20,21). The minimum atomic E-state index is -0.336. The van der Waals surface area contributed by atoms with Gasteiger partial charge in [-0.15, -0.1) is 0 Å². The largest absolute Gasteiger partial charge is 0.494 e. The highest BCUT2D eigenvalue weighted by Crippen LogP contribution is 2.38. The maximum Gasteiger partial charge on any atom is 0.315 e. The van der Waals surface area contributed by atoms with E-state index in [-0.39, 0.29) is 35.8 Å². The quantitative estimate of drug-likeness (QED) is 0.876. The first-order chi connectivity index (χ1) is 11.1. The Bertz CT molecular complexity index is 569. The summed E-state index contributed by atoms with van der Waals surface area (Å²) in [6, 6.07) is 5.33. The number of methoxy groups -OCH3 is 2. The van der Waals surface area contributed by atoms with E-state index in [9.17, 15) is 9.18 Å². The second kappa shape index (κ2) is 6.74. The van der Waals surface area contributed by atoms with Gasteiger partial charge in [-0.05, 0) is 49.3 Å². The molecule has 2 fully saturated rings. The van der Waals surface area contributed by atoms with E-state index in [4.69, 9.17) is 9.47 Å². The van der Waals surface area contributed by atoms with Gasteiger partial charge in [0.2, 0.25) is 0 Å². The van der Waals surface area contributed by atoms with Crippen molar-refractivity contribution >= 4 is 6.03 Å². The second-order valence-electron chi connectivity index (χ2n) is 6.40. The molecule has 0 radical (unpaired) electrons. The average molecular weight is 322 g/mol. The maximum absolute atomic E-state index is 13.7. The molecule has 2 N–H and O–H groups in total. The molecule has 0 aromatic heterocycles. The van der Waals surface area contributed by atoms with Gasteiger partial charge >= 0.3 is 6.03 Å². The number of hydrogen-bond acceptors (Lipinski definition) is 3. The number of nitrogens with one attached hydrogen (secondary N) is 2. The van der Waals surface area contributed by atoms with Crippen molar-refractivity contribution in [3.05, 3.63) is 29.6 Å². The Morgan fingerprint density at radius 2 is 1.78 bits per heavy atom. The van der Waals surface area contributed by atoms with E-state index in [1.54, 1.807) is 13.2 Å². The van der Waals surface area contributed by atoms with E-state index < -0.39 is 0 Å². The van der Waals surface area contributed by atoms with Crippen molar-refractivity contribution < 1.29 is 18.7 Å². The number of benzene rings is 1. The molecule has 0 bridgehead atoms. The first-order valence-electron chi connectivity index (χ1n) is 8.02. The van der Waals surface area contributed by atoms with Crippen molar-refractivity contribution in [3.63, 3.8) is 0 Å². The molecule has 0 heterocycles. The van der Waals surface area contributed by atoms with Crippen LogP contribution in [-0.4, -0.2) is 38.4 Å². The van der Waals surface area contributed by atoms with E-state index in [1.165, 1.54) is 13.2 Å². The summed E-state index contributed by atoms with van der Waals surface area (Å²) in [6.07, 6.45) is 3.71. The zero-order valence-corrected chi connectivity index (χ0v) is 13.5. The molecule has 0 unspecified atom stereocenters. The number of rotatable bonds is 5. The van der Waals surface area contributed by atoms with Crippen LogP contribution in [0, 0.1) is 5.82 Å². The normalized spacial score (nSPS) is 29.2. The number of ether oxygens (including phenoxy) is 2. The predicted molar refractivity (Wildman–Crippen MR) is 84.2 cm³/mol. The number of carbonyl (C=O) groups excluding carboxylic acids is 1. The van der Waals surface area contributed by atoms with Gasteiger partial charge in [0.05, 0.1) is 13.2 Å². The Morgan fingerprint density at radius 3 is 2.35 bits per heavy atom. The molecular formula is C17H23FN2O3. The Hall–Kier alpha value is -1.82. The Kier molecular flexibility index (Phi) is 4.71. The first kappa shape index (κ1) is 16.1. The monoisotopic (exact) mass is 322 g/mol. The molecule has 2 aliphatic carbocycles. The van der Waals surface area contributed by atoms with E-state index in [0.717, 1.165) is 31.2 Å². The zero-order chi connectivity index (χ0) is 16.4. The van der Waals surface area contributed by atoms with Crippen LogP contribution in [0.5, 0.6) is 5.75 Å². The van der Waals surface area contributed by atoms with Crippen molar-refractivity contribution in [2.75, 3.05) is 14.2 Å². The molecule has 3 rings (SSSR count). The minimum absolute atomic E-state index is 0.117. The molecule has 23 heavy (non-hydrogen) atoms. The summed E-state index contributed by atoms with van der Waals surface area (Å²) in [7, 11) is 3.15. The minimum Gasteiger partial charge on any atom is -0.494 e. The van der Waals surface area contributed by atoms with Crippen LogP contribution in [0.2, 0.25) is 0 Å². The Labute approximate surface area is 135 Å². The second-order valence-corrected chi connectivity index (χ2v) is 6.40. The van der Waals surface area contributed by atoms with Gasteiger partial charge in [0.1, 0.15) is 0 Å². The highest BCUT2D eigenvalue weighted by molar-refractivity contribution is 5.74. The summed E-state index contributed by atoms with van der Waals surface area (Å²) in [5, 5.41) is 5.93. The smallest absolute Gasteiger partial charge is 0.315 e. The predicted octanol–water partition coefficient (Wildman–Crippen LogP) is 2.56. The van der Waals surface area contributed by atoms with Gasteiger partial charge in [0.15, 0.2) is 11.6 Å². The van der Waals surface area contributed by atoms with Crippen LogP contribution < -0.4 is 15.4 Å². The van der Waals surface area contributed by atoms with E-state index in [2.05, 4.69) is 10.6 Å². The van der Waals surface area contributed by atoms with Gasteiger partial charge in [-0.3, -0.25) is 0 Å². The van der Waals surface area contributed by atoms with Gasteiger partial charge in [0, 0.05) is 19.2 Å². The molecule has 0 atom stereocenters. The van der Waals surface area contributed by atoms with Crippen LogP contribution in [0.25, 0.3) is 0 Å². The lowest BCUT2D eigenvalue weighted by molar-refractivity contribution is 0.0203. The number of urea groups is 1. The van der Waals surface area contributed by atoms with Crippen LogP contribution in [-0.2, 0) is 4.74 Å². The Morgan fingerprint density at radius 1 is 1.13 bits per heavy atom. The van der Waals surface area contributed by atoms with Gasteiger partial charge in [-0.25, -0.2) is 9.18 Å². The molecule has 0 aliphatic heterocycles. The molecule has 2 amide bonds. The number of hydrogen-bond donors (Lipinski definition) is 2. The maximum atomic E-state index is 13.7. The number of carbonyl (C=O) groups is 1. The van der Waals surface area contributed by atoms with Crippen molar-refractivity contribution in [1.82, 2.24) is 10.6 Å². The fourth-order valence-corrected chi connectivity index (χ4v) is 3.23. The van der Waals surface area contributed by atoms with E-state index in [1.807, 2.05) is 6.07 Å². The summed E-state index contributed by atoms with van der Waals surface area (Å²) in [5.74, 6) is 0.219. The average Bonchev–Trinajstić information content (AvgIpc) is 2.45. The van der Waals surface area contributed by atoms with Crippen LogP contribution in [0.15, 0.2) is 18.2 Å². The summed E-state index contributed by atoms with van der Waals surface area (Å²) in [6.45, 7) is 0. The zero-order valence-electron chi connectivity index (χ0n) is 13.5. The molecule has 2 aliphatic rings. The highest BCUT2D eigenvalue weighted by Gasteiger charge is 2.34. The third-order valence-electron chi connectivity index (χ3n) is 4.88. The molecule has 1 aromatic carbocycles. The van der Waals surface area contributed by atoms with E-state index >= 15 is 0 Å². The lowest BCUT2D eigenvalue weighted by Crippen LogP contribution is -2.54. The fraction of sp³-hybridized carbons (Fsp3) is 0.588. The molecule has 126 valence electrons. The fourth-order valence-electron chi connectivity index (χ4n) is 3.23. The summed E-state index contributed by atoms with van der Waals surface area (Å²) < 4.78 is 23.8. The molecule has 0 spiro atoms. The van der Waals surface area contributed by atoms with Gasteiger partial charge in [0.25, 0.3) is 0 Å². The third kappa shape index (κ3) is 3.58. The lowest BCUT2D eigenvalue weighted by Gasteiger charge is -2.38. The summed E-state index contributed by atoms with van der Waals surface area (Å²) in [5.41, 5.74) is 0.962. The van der Waals surface area contributed by atoms with Gasteiger partial charge in [-0.2, -0.15) is 0 Å². The third-order valence-corrected chi connectivity index (χ3v) is 4.88. The highest BCUT2D eigenvalue weighted by atomic mass is 19.1. The molecule has 1 aromatic rings. The van der Waals surface area contributed by atoms with Gasteiger partial charge < -0.3 is 20.1 Å².